The number of esters is 1. The quantitative estimate of drug-likeness (QED) is 0.717. The molecule has 1 aromatic carbocycles. The fraction of sp³-hybridized carbons (Fsp3) is 0.389. The molecule has 0 saturated carbocycles. The van der Waals surface area contributed by atoms with Gasteiger partial charge in [0.15, 0.2) is 18.1 Å². The first-order valence-electron chi connectivity index (χ1n) is 8.10. The normalized spacial score (nSPS) is 10.3. The predicted molar refractivity (Wildman–Crippen MR) is 92.3 cm³/mol. The van der Waals surface area contributed by atoms with Gasteiger partial charge in [0.2, 0.25) is 0 Å². The van der Waals surface area contributed by atoms with Gasteiger partial charge < -0.3 is 24.1 Å². The summed E-state index contributed by atoms with van der Waals surface area (Å²) in [6.45, 7) is 3.35. The number of amides is 1. The van der Waals surface area contributed by atoms with Crippen molar-refractivity contribution in [2.75, 3.05) is 20.8 Å². The van der Waals surface area contributed by atoms with Gasteiger partial charge in [-0.1, -0.05) is 18.1 Å². The summed E-state index contributed by atoms with van der Waals surface area (Å²) in [5, 5.41) is 6.47. The zero-order chi connectivity index (χ0) is 19.1. The number of benzene rings is 1. The molecular weight excluding hydrogens is 340 g/mol. The minimum absolute atomic E-state index is 0.267. The summed E-state index contributed by atoms with van der Waals surface area (Å²) in [6, 6.07) is 5.32. The number of methoxy groups -OCH3 is 2. The van der Waals surface area contributed by atoms with Gasteiger partial charge in [0.1, 0.15) is 11.3 Å². The molecule has 140 valence electrons. The van der Waals surface area contributed by atoms with Crippen LogP contribution < -0.4 is 14.8 Å². The second-order valence-corrected chi connectivity index (χ2v) is 5.46. The van der Waals surface area contributed by atoms with Crippen molar-refractivity contribution >= 4 is 11.9 Å². The van der Waals surface area contributed by atoms with Crippen molar-refractivity contribution in [3.05, 3.63) is 40.8 Å². The lowest BCUT2D eigenvalue weighted by Gasteiger charge is -2.10. The Morgan fingerprint density at radius 3 is 2.58 bits per heavy atom. The lowest BCUT2D eigenvalue weighted by molar-refractivity contribution is -0.124. The topological polar surface area (TPSA) is 99.9 Å². The lowest BCUT2D eigenvalue weighted by atomic mass is 10.1. The van der Waals surface area contributed by atoms with Crippen LogP contribution in [0.5, 0.6) is 11.5 Å². The number of aromatic nitrogens is 1. The van der Waals surface area contributed by atoms with E-state index < -0.39 is 11.9 Å². The Hall–Kier alpha value is -3.03. The van der Waals surface area contributed by atoms with Gasteiger partial charge in [-0.2, -0.15) is 0 Å². The third kappa shape index (κ3) is 4.53. The van der Waals surface area contributed by atoms with Crippen LogP contribution in [0.2, 0.25) is 0 Å². The number of nitrogens with zero attached hydrogens (tertiary/aromatic N) is 1. The molecule has 0 fully saturated rings. The Morgan fingerprint density at radius 2 is 1.92 bits per heavy atom. The maximum Gasteiger partial charge on any atom is 0.344 e. The zero-order valence-corrected chi connectivity index (χ0v) is 15.3. The SMILES string of the molecule is CCc1noc(C)c1C(=O)OCC(=O)NCc1ccc(OC)c(OC)c1. The molecular formula is C18H22N2O6. The van der Waals surface area contributed by atoms with Crippen LogP contribution in [0, 0.1) is 6.92 Å². The summed E-state index contributed by atoms with van der Waals surface area (Å²) in [5.74, 6) is 0.507. The smallest absolute Gasteiger partial charge is 0.344 e. The van der Waals surface area contributed by atoms with Gasteiger partial charge in [0.25, 0.3) is 5.91 Å². The van der Waals surface area contributed by atoms with Crippen molar-refractivity contribution in [3.63, 3.8) is 0 Å². The summed E-state index contributed by atoms with van der Waals surface area (Å²) in [5.41, 5.74) is 1.61. The van der Waals surface area contributed by atoms with Crippen molar-refractivity contribution < 1.29 is 28.3 Å². The molecule has 8 nitrogen and oxygen atoms in total. The summed E-state index contributed by atoms with van der Waals surface area (Å²) in [7, 11) is 3.09. The van der Waals surface area contributed by atoms with E-state index in [-0.39, 0.29) is 18.7 Å². The fourth-order valence-electron chi connectivity index (χ4n) is 2.37. The van der Waals surface area contributed by atoms with Gasteiger partial charge in [-0.05, 0) is 31.0 Å². The minimum Gasteiger partial charge on any atom is -0.493 e. The Kier molecular flexibility index (Phi) is 6.60. The number of hydrogen-bond acceptors (Lipinski definition) is 7. The molecule has 0 aliphatic carbocycles. The lowest BCUT2D eigenvalue weighted by Crippen LogP contribution is -2.28. The molecule has 1 N–H and O–H groups in total. The van der Waals surface area contributed by atoms with E-state index in [1.165, 1.54) is 7.11 Å². The van der Waals surface area contributed by atoms with Crippen molar-refractivity contribution in [2.24, 2.45) is 0 Å². The second-order valence-electron chi connectivity index (χ2n) is 5.46. The van der Waals surface area contributed by atoms with Crippen LogP contribution in [0.15, 0.2) is 22.7 Å². The van der Waals surface area contributed by atoms with E-state index in [0.29, 0.717) is 29.4 Å². The molecule has 0 bridgehead atoms. The molecule has 0 atom stereocenters. The highest BCUT2D eigenvalue weighted by Gasteiger charge is 2.21. The van der Waals surface area contributed by atoms with Gasteiger partial charge in [0.05, 0.1) is 19.9 Å². The highest BCUT2D eigenvalue weighted by Crippen LogP contribution is 2.27. The van der Waals surface area contributed by atoms with Gasteiger partial charge in [-0.25, -0.2) is 4.79 Å². The standard InChI is InChI=1S/C18H22N2O6/c1-5-13-17(11(2)26-20-13)18(22)25-10-16(21)19-9-12-6-7-14(23-3)15(8-12)24-4/h6-8H,5,9-10H2,1-4H3,(H,19,21). The van der Waals surface area contributed by atoms with Crippen LogP contribution in [0.3, 0.4) is 0 Å². The summed E-state index contributed by atoms with van der Waals surface area (Å²) < 4.78 is 20.4. The third-order valence-corrected chi connectivity index (χ3v) is 3.74. The van der Waals surface area contributed by atoms with E-state index in [9.17, 15) is 9.59 Å². The zero-order valence-electron chi connectivity index (χ0n) is 15.3. The van der Waals surface area contributed by atoms with Crippen LogP contribution in [0.1, 0.15) is 34.3 Å². The Labute approximate surface area is 151 Å². The Morgan fingerprint density at radius 1 is 1.19 bits per heavy atom. The third-order valence-electron chi connectivity index (χ3n) is 3.74. The number of nitrogens with one attached hydrogen (secondary N) is 1. The van der Waals surface area contributed by atoms with E-state index in [2.05, 4.69) is 10.5 Å². The number of carbonyl (C=O) groups excluding carboxylic acids is 2. The highest BCUT2D eigenvalue weighted by atomic mass is 16.5. The van der Waals surface area contributed by atoms with Crippen LogP contribution in [-0.4, -0.2) is 37.9 Å². The van der Waals surface area contributed by atoms with Crippen molar-refractivity contribution in [1.29, 1.82) is 0 Å². The molecule has 1 heterocycles. The van der Waals surface area contributed by atoms with E-state index >= 15 is 0 Å². The molecule has 0 radical (unpaired) electrons. The van der Waals surface area contributed by atoms with Crippen LogP contribution in [0.25, 0.3) is 0 Å². The maximum atomic E-state index is 12.1. The van der Waals surface area contributed by atoms with Crippen LogP contribution >= 0.6 is 0 Å². The van der Waals surface area contributed by atoms with E-state index in [1.54, 1.807) is 26.2 Å². The maximum absolute atomic E-state index is 12.1. The Balaban J connectivity index is 1.87. The molecule has 1 aromatic heterocycles. The number of rotatable bonds is 8. The summed E-state index contributed by atoms with van der Waals surface area (Å²) >= 11 is 0. The first-order chi connectivity index (χ1) is 12.5. The largest absolute Gasteiger partial charge is 0.493 e. The van der Waals surface area contributed by atoms with Gasteiger partial charge in [-0.3, -0.25) is 4.79 Å². The number of aryl methyl sites for hydroxylation is 2. The van der Waals surface area contributed by atoms with Crippen molar-refractivity contribution in [1.82, 2.24) is 10.5 Å². The monoisotopic (exact) mass is 362 g/mol. The average Bonchev–Trinajstić information content (AvgIpc) is 3.04. The molecule has 0 spiro atoms. The first-order valence-corrected chi connectivity index (χ1v) is 8.10. The highest BCUT2D eigenvalue weighted by molar-refractivity contribution is 5.93. The molecule has 8 heteroatoms. The van der Waals surface area contributed by atoms with Crippen LogP contribution in [-0.2, 0) is 22.5 Å². The molecule has 26 heavy (non-hydrogen) atoms. The molecule has 0 aliphatic rings. The molecule has 0 unspecified atom stereocenters. The van der Waals surface area contributed by atoms with Gasteiger partial charge in [-0.15, -0.1) is 0 Å². The van der Waals surface area contributed by atoms with Gasteiger partial charge >= 0.3 is 5.97 Å². The molecule has 2 rings (SSSR count). The van der Waals surface area contributed by atoms with E-state index in [1.807, 2.05) is 13.0 Å². The number of ether oxygens (including phenoxy) is 3. The van der Waals surface area contributed by atoms with Crippen molar-refractivity contribution in [2.45, 2.75) is 26.8 Å². The molecule has 0 saturated heterocycles. The second kappa shape index (κ2) is 8.89. The fourth-order valence-corrected chi connectivity index (χ4v) is 2.37. The van der Waals surface area contributed by atoms with Crippen molar-refractivity contribution in [3.8, 4) is 11.5 Å². The molecule has 0 aliphatic heterocycles. The predicted octanol–water partition coefficient (Wildman–Crippen LogP) is 2.04. The number of carbonyl (C=O) groups is 2. The Bertz CT molecular complexity index is 784. The van der Waals surface area contributed by atoms with Crippen LogP contribution in [0.4, 0.5) is 0 Å². The number of hydrogen-bond donors (Lipinski definition) is 1. The van der Waals surface area contributed by atoms with E-state index in [0.717, 1.165) is 5.56 Å². The molecule has 1 amide bonds. The van der Waals surface area contributed by atoms with Gasteiger partial charge in [0, 0.05) is 6.54 Å². The minimum atomic E-state index is -0.623. The average molecular weight is 362 g/mol. The molecule has 2 aromatic rings. The summed E-state index contributed by atoms with van der Waals surface area (Å²) in [6.07, 6.45) is 0.535. The summed E-state index contributed by atoms with van der Waals surface area (Å²) in [4.78, 5) is 24.0. The first kappa shape index (κ1) is 19.3. The van der Waals surface area contributed by atoms with E-state index in [4.69, 9.17) is 18.7 Å².